The molecule has 0 aliphatic heterocycles. The first-order chi connectivity index (χ1) is 6.36. The van der Waals surface area contributed by atoms with Crippen molar-refractivity contribution in [3.63, 3.8) is 0 Å². The molecule has 1 aromatic heterocycles. The third kappa shape index (κ3) is 1.84. The lowest BCUT2D eigenvalue weighted by Crippen LogP contribution is -2.36. The molecule has 0 aliphatic rings. The van der Waals surface area contributed by atoms with Crippen molar-refractivity contribution in [1.29, 1.82) is 0 Å². The first kappa shape index (κ1) is 8.19. The molecule has 13 heavy (non-hydrogen) atoms. The third-order valence-corrected chi connectivity index (χ3v) is 2.10. The molecule has 0 saturated heterocycles. The van der Waals surface area contributed by atoms with Gasteiger partial charge in [0.2, 0.25) is 11.9 Å². The maximum absolute atomic E-state index is 13.0. The van der Waals surface area contributed by atoms with Gasteiger partial charge in [-0.25, -0.2) is 9.23 Å². The minimum Gasteiger partial charge on any atom is -0.227 e. The zero-order valence-electron chi connectivity index (χ0n) is 6.68. The molecule has 0 amide bonds. The summed E-state index contributed by atoms with van der Waals surface area (Å²) in [5, 5.41) is 1.85. The molecular formula is C9H7FNOS+. The predicted octanol–water partition coefficient (Wildman–Crippen LogP) is 2.02. The number of halogens is 1. The van der Waals surface area contributed by atoms with Crippen molar-refractivity contribution in [2.75, 3.05) is 0 Å². The van der Waals surface area contributed by atoms with Crippen molar-refractivity contribution >= 4 is 11.3 Å². The third-order valence-electron chi connectivity index (χ3n) is 1.49. The van der Waals surface area contributed by atoms with Gasteiger partial charge in [0.1, 0.15) is 0 Å². The van der Waals surface area contributed by atoms with Crippen LogP contribution in [0.4, 0.5) is 4.39 Å². The fourth-order valence-corrected chi connectivity index (χ4v) is 1.40. The second-order valence-corrected chi connectivity index (χ2v) is 3.16. The molecule has 0 fully saturated rings. The van der Waals surface area contributed by atoms with Gasteiger partial charge in [-0.05, 0) is 12.1 Å². The van der Waals surface area contributed by atoms with Gasteiger partial charge in [0, 0.05) is 4.73 Å². The van der Waals surface area contributed by atoms with E-state index >= 15 is 0 Å². The molecule has 0 radical (unpaired) electrons. The van der Waals surface area contributed by atoms with Crippen molar-refractivity contribution in [3.8, 4) is 5.75 Å². The van der Waals surface area contributed by atoms with Crippen LogP contribution in [0.5, 0.6) is 5.75 Å². The summed E-state index contributed by atoms with van der Waals surface area (Å²) in [6.07, 6.45) is 1.72. The molecule has 0 atom stereocenters. The minimum absolute atomic E-state index is 0.228. The Bertz CT molecular complexity index is 388. The van der Waals surface area contributed by atoms with Crippen molar-refractivity contribution in [3.05, 3.63) is 47.2 Å². The van der Waals surface area contributed by atoms with Crippen LogP contribution in [0.15, 0.2) is 41.4 Å². The van der Waals surface area contributed by atoms with E-state index in [1.165, 1.54) is 22.1 Å². The largest absolute Gasteiger partial charge is 0.277 e. The standard InChI is InChI=1S/C9H7FNOS/c10-8-3-1-2-4-9(8)12-11-5-6-13-7-11/h1-7H/q+1. The number of aromatic nitrogens is 1. The van der Waals surface area contributed by atoms with E-state index in [-0.39, 0.29) is 11.6 Å². The maximum Gasteiger partial charge on any atom is 0.277 e. The Morgan fingerprint density at radius 3 is 2.85 bits per heavy atom. The number of para-hydroxylation sites is 1. The van der Waals surface area contributed by atoms with Crippen molar-refractivity contribution in [2.24, 2.45) is 0 Å². The topological polar surface area (TPSA) is 13.1 Å². The Balaban J connectivity index is 2.24. The van der Waals surface area contributed by atoms with Gasteiger partial charge in [0.25, 0.3) is 5.51 Å². The number of nitrogens with zero attached hydrogens (tertiary/aromatic N) is 1. The van der Waals surface area contributed by atoms with E-state index in [0.29, 0.717) is 0 Å². The van der Waals surface area contributed by atoms with E-state index in [1.54, 1.807) is 29.9 Å². The molecule has 0 spiro atoms. The van der Waals surface area contributed by atoms with Gasteiger partial charge in [0.05, 0.1) is 5.38 Å². The molecule has 2 aromatic rings. The van der Waals surface area contributed by atoms with Gasteiger partial charge in [-0.1, -0.05) is 23.5 Å². The van der Waals surface area contributed by atoms with Crippen LogP contribution >= 0.6 is 11.3 Å². The van der Waals surface area contributed by atoms with Gasteiger partial charge in [-0.2, -0.15) is 0 Å². The van der Waals surface area contributed by atoms with Crippen LogP contribution < -0.4 is 9.57 Å². The number of thiazole rings is 1. The van der Waals surface area contributed by atoms with Crippen molar-refractivity contribution in [2.45, 2.75) is 0 Å². The molecule has 0 N–H and O–H groups in total. The van der Waals surface area contributed by atoms with Crippen LogP contribution in [0.25, 0.3) is 0 Å². The number of hydrogen-bond acceptors (Lipinski definition) is 2. The Morgan fingerprint density at radius 2 is 2.15 bits per heavy atom. The van der Waals surface area contributed by atoms with Crippen LogP contribution in [0, 0.1) is 5.82 Å². The van der Waals surface area contributed by atoms with Gasteiger partial charge in [0.15, 0.2) is 5.82 Å². The predicted molar refractivity (Wildman–Crippen MR) is 46.9 cm³/mol. The molecule has 0 unspecified atom stereocenters. The van der Waals surface area contributed by atoms with Crippen LogP contribution in [0.2, 0.25) is 0 Å². The minimum atomic E-state index is -0.360. The van der Waals surface area contributed by atoms with E-state index < -0.39 is 0 Å². The Morgan fingerprint density at radius 1 is 1.31 bits per heavy atom. The molecule has 0 aliphatic carbocycles. The summed E-state index contributed by atoms with van der Waals surface area (Å²) in [7, 11) is 0. The Kier molecular flexibility index (Phi) is 2.23. The maximum atomic E-state index is 13.0. The molecule has 1 heterocycles. The average Bonchev–Trinajstić information content (AvgIpc) is 2.61. The van der Waals surface area contributed by atoms with Crippen LogP contribution in [0.3, 0.4) is 0 Å². The van der Waals surface area contributed by atoms with Crippen molar-refractivity contribution in [1.82, 2.24) is 0 Å². The summed E-state index contributed by atoms with van der Waals surface area (Å²) in [6, 6.07) is 6.30. The SMILES string of the molecule is Fc1ccccc1O[n+]1ccsc1. The zero-order chi connectivity index (χ0) is 9.10. The highest BCUT2D eigenvalue weighted by molar-refractivity contribution is 7.07. The Labute approximate surface area is 78.8 Å². The van der Waals surface area contributed by atoms with Crippen LogP contribution in [-0.4, -0.2) is 0 Å². The quantitative estimate of drug-likeness (QED) is 0.670. The molecular weight excluding hydrogens is 189 g/mol. The zero-order valence-corrected chi connectivity index (χ0v) is 7.50. The molecule has 2 rings (SSSR count). The summed E-state index contributed by atoms with van der Waals surface area (Å²) in [5.74, 6) is -0.132. The molecule has 0 saturated carbocycles. The van der Waals surface area contributed by atoms with Gasteiger partial charge in [-0.3, -0.25) is 0 Å². The van der Waals surface area contributed by atoms with E-state index in [2.05, 4.69) is 0 Å². The Hall–Kier alpha value is -1.42. The molecule has 66 valence electrons. The summed E-state index contributed by atoms with van der Waals surface area (Å²) < 4.78 is 14.5. The monoisotopic (exact) mass is 196 g/mol. The first-order valence-corrected chi connectivity index (χ1v) is 4.67. The smallest absolute Gasteiger partial charge is 0.227 e. The number of rotatable bonds is 2. The van der Waals surface area contributed by atoms with E-state index in [1.807, 2.05) is 5.38 Å². The van der Waals surface area contributed by atoms with Gasteiger partial charge < -0.3 is 0 Å². The fourth-order valence-electron chi connectivity index (χ4n) is 0.910. The summed E-state index contributed by atoms with van der Waals surface area (Å²) >= 11 is 1.48. The molecule has 1 aromatic carbocycles. The second-order valence-electron chi connectivity index (χ2n) is 2.41. The highest BCUT2D eigenvalue weighted by Crippen LogP contribution is 2.13. The van der Waals surface area contributed by atoms with Crippen LogP contribution in [0.1, 0.15) is 0 Å². The molecule has 2 nitrogen and oxygen atoms in total. The van der Waals surface area contributed by atoms with Crippen molar-refractivity contribution < 1.29 is 14.0 Å². The van der Waals surface area contributed by atoms with Crippen LogP contribution in [-0.2, 0) is 0 Å². The molecule has 4 heteroatoms. The summed E-state index contributed by atoms with van der Waals surface area (Å²) in [5.41, 5.74) is 1.74. The summed E-state index contributed by atoms with van der Waals surface area (Å²) in [4.78, 5) is 5.20. The average molecular weight is 196 g/mol. The van der Waals surface area contributed by atoms with E-state index in [0.717, 1.165) is 0 Å². The van der Waals surface area contributed by atoms with E-state index in [9.17, 15) is 4.39 Å². The van der Waals surface area contributed by atoms with Gasteiger partial charge >= 0.3 is 0 Å². The summed E-state index contributed by atoms with van der Waals surface area (Å²) in [6.45, 7) is 0. The molecule has 0 bridgehead atoms. The lowest BCUT2D eigenvalue weighted by atomic mass is 10.3. The second kappa shape index (κ2) is 3.53. The lowest BCUT2D eigenvalue weighted by molar-refractivity contribution is -0.872. The lowest BCUT2D eigenvalue weighted by Gasteiger charge is -1.95. The van der Waals surface area contributed by atoms with E-state index in [4.69, 9.17) is 4.84 Å². The highest BCUT2D eigenvalue weighted by atomic mass is 32.1. The normalized spacial score (nSPS) is 9.92. The van der Waals surface area contributed by atoms with Gasteiger partial charge in [-0.15, -0.1) is 0 Å². The fraction of sp³-hybridized carbons (Fsp3) is 0. The highest BCUT2D eigenvalue weighted by Gasteiger charge is 2.08. The number of benzene rings is 1. The number of hydrogen-bond donors (Lipinski definition) is 0. The first-order valence-electron chi connectivity index (χ1n) is 3.72.